The van der Waals surface area contributed by atoms with Crippen LogP contribution in [0.2, 0.25) is 0 Å². The average Bonchev–Trinajstić information content (AvgIpc) is 2.56. The van der Waals surface area contributed by atoms with Crippen molar-refractivity contribution in [3.05, 3.63) is 54.1 Å². The van der Waals surface area contributed by atoms with Gasteiger partial charge in [0, 0.05) is 18.8 Å². The van der Waals surface area contributed by atoms with Gasteiger partial charge in [0.15, 0.2) is 0 Å². The average molecular weight is 323 g/mol. The van der Waals surface area contributed by atoms with E-state index in [-0.39, 0.29) is 5.75 Å². The smallest absolute Gasteiger partial charge is 0.416 e. The van der Waals surface area contributed by atoms with Gasteiger partial charge in [0.25, 0.3) is 0 Å². The fourth-order valence-electron chi connectivity index (χ4n) is 2.42. The third kappa shape index (κ3) is 3.96. The van der Waals surface area contributed by atoms with E-state index in [4.69, 9.17) is 9.47 Å². The fourth-order valence-corrected chi connectivity index (χ4v) is 2.42. The number of morpholine rings is 1. The molecule has 1 heterocycles. The first-order valence-electron chi connectivity index (χ1n) is 7.30. The van der Waals surface area contributed by atoms with Crippen LogP contribution in [0.5, 0.6) is 11.5 Å². The standard InChI is InChI=1S/C17H16F3NO2/c18-17(19,20)13-2-1-3-16(12-13)23-15-6-4-14(5-7-15)21-8-10-22-11-9-21/h1-7,12H,8-11H2. The van der Waals surface area contributed by atoms with E-state index < -0.39 is 11.7 Å². The highest BCUT2D eigenvalue weighted by Crippen LogP contribution is 2.33. The minimum atomic E-state index is -4.38. The maximum atomic E-state index is 12.7. The molecule has 3 rings (SSSR count). The molecule has 0 aliphatic carbocycles. The van der Waals surface area contributed by atoms with Crippen LogP contribution in [0.3, 0.4) is 0 Å². The van der Waals surface area contributed by atoms with Crippen LogP contribution < -0.4 is 9.64 Å². The fraction of sp³-hybridized carbons (Fsp3) is 0.294. The first kappa shape index (κ1) is 15.7. The molecule has 0 spiro atoms. The third-order valence-corrected chi connectivity index (χ3v) is 3.61. The molecule has 0 saturated carbocycles. The van der Waals surface area contributed by atoms with Gasteiger partial charge in [-0.2, -0.15) is 13.2 Å². The molecule has 0 atom stereocenters. The Hall–Kier alpha value is -2.21. The van der Waals surface area contributed by atoms with Crippen molar-refractivity contribution < 1.29 is 22.6 Å². The number of anilines is 1. The second-order valence-electron chi connectivity index (χ2n) is 5.22. The molecule has 0 bridgehead atoms. The van der Waals surface area contributed by atoms with Crippen molar-refractivity contribution in [1.82, 2.24) is 0 Å². The van der Waals surface area contributed by atoms with Crippen molar-refractivity contribution in [1.29, 1.82) is 0 Å². The summed E-state index contributed by atoms with van der Waals surface area (Å²) in [5.41, 5.74) is 0.324. The lowest BCUT2D eigenvalue weighted by Crippen LogP contribution is -2.36. The van der Waals surface area contributed by atoms with Crippen molar-refractivity contribution in [2.75, 3.05) is 31.2 Å². The highest BCUT2D eigenvalue weighted by Gasteiger charge is 2.30. The minimum absolute atomic E-state index is 0.166. The van der Waals surface area contributed by atoms with Crippen LogP contribution in [0.25, 0.3) is 0 Å². The van der Waals surface area contributed by atoms with Gasteiger partial charge in [-0.3, -0.25) is 0 Å². The number of ether oxygens (including phenoxy) is 2. The molecule has 0 aromatic heterocycles. The van der Waals surface area contributed by atoms with E-state index in [1.807, 2.05) is 12.1 Å². The lowest BCUT2D eigenvalue weighted by atomic mass is 10.2. The second-order valence-corrected chi connectivity index (χ2v) is 5.22. The van der Waals surface area contributed by atoms with E-state index in [0.29, 0.717) is 19.0 Å². The monoisotopic (exact) mass is 323 g/mol. The zero-order chi connectivity index (χ0) is 16.3. The van der Waals surface area contributed by atoms with E-state index in [2.05, 4.69) is 4.90 Å². The van der Waals surface area contributed by atoms with Crippen LogP contribution in [0, 0.1) is 0 Å². The van der Waals surface area contributed by atoms with Gasteiger partial charge in [-0.25, -0.2) is 0 Å². The molecule has 0 N–H and O–H groups in total. The molecule has 0 amide bonds. The third-order valence-electron chi connectivity index (χ3n) is 3.61. The Kier molecular flexibility index (Phi) is 4.43. The molecule has 6 heteroatoms. The summed E-state index contributed by atoms with van der Waals surface area (Å²) >= 11 is 0. The first-order chi connectivity index (χ1) is 11.0. The zero-order valence-corrected chi connectivity index (χ0v) is 12.3. The number of alkyl halides is 3. The molecular formula is C17H16F3NO2. The summed E-state index contributed by atoms with van der Waals surface area (Å²) in [7, 11) is 0. The number of rotatable bonds is 3. The summed E-state index contributed by atoms with van der Waals surface area (Å²) in [4.78, 5) is 2.19. The summed E-state index contributed by atoms with van der Waals surface area (Å²) in [5, 5.41) is 0. The van der Waals surface area contributed by atoms with Crippen molar-refractivity contribution in [2.45, 2.75) is 6.18 Å². The molecule has 2 aromatic rings. The number of hydrogen-bond donors (Lipinski definition) is 0. The van der Waals surface area contributed by atoms with Crippen LogP contribution in [0.4, 0.5) is 18.9 Å². The molecule has 1 aliphatic heterocycles. The van der Waals surface area contributed by atoms with E-state index in [9.17, 15) is 13.2 Å². The van der Waals surface area contributed by atoms with Crippen molar-refractivity contribution >= 4 is 5.69 Å². The predicted octanol–water partition coefficient (Wildman–Crippen LogP) is 4.33. The van der Waals surface area contributed by atoms with Gasteiger partial charge in [-0.15, -0.1) is 0 Å². The van der Waals surface area contributed by atoms with E-state index in [1.165, 1.54) is 12.1 Å². The molecule has 1 fully saturated rings. The second kappa shape index (κ2) is 6.50. The Bertz CT molecular complexity index is 650. The molecule has 3 nitrogen and oxygen atoms in total. The molecule has 1 aliphatic rings. The van der Waals surface area contributed by atoms with E-state index in [0.717, 1.165) is 30.9 Å². The van der Waals surface area contributed by atoms with Gasteiger partial charge in [-0.1, -0.05) is 6.07 Å². The van der Waals surface area contributed by atoms with Crippen LogP contribution in [-0.2, 0) is 10.9 Å². The van der Waals surface area contributed by atoms with Gasteiger partial charge < -0.3 is 14.4 Å². The number of halogens is 3. The van der Waals surface area contributed by atoms with Crippen molar-refractivity contribution in [3.8, 4) is 11.5 Å². The van der Waals surface area contributed by atoms with Crippen LogP contribution in [0.1, 0.15) is 5.56 Å². The molecule has 0 unspecified atom stereocenters. The summed E-state index contributed by atoms with van der Waals surface area (Å²) < 4.78 is 48.9. The maximum Gasteiger partial charge on any atom is 0.416 e. The lowest BCUT2D eigenvalue weighted by molar-refractivity contribution is -0.137. The summed E-state index contributed by atoms with van der Waals surface area (Å²) in [6.45, 7) is 3.05. The molecule has 1 saturated heterocycles. The summed E-state index contributed by atoms with van der Waals surface area (Å²) in [6, 6.07) is 12.2. The van der Waals surface area contributed by atoms with Crippen LogP contribution >= 0.6 is 0 Å². The van der Waals surface area contributed by atoms with E-state index >= 15 is 0 Å². The topological polar surface area (TPSA) is 21.7 Å². The SMILES string of the molecule is FC(F)(F)c1cccc(Oc2ccc(N3CCOCC3)cc2)c1. The Morgan fingerprint density at radius 3 is 2.26 bits per heavy atom. The normalized spacial score (nSPS) is 15.5. The predicted molar refractivity (Wildman–Crippen MR) is 81.0 cm³/mol. The summed E-state index contributed by atoms with van der Waals surface area (Å²) in [6.07, 6.45) is -4.38. The van der Waals surface area contributed by atoms with Gasteiger partial charge in [0.2, 0.25) is 0 Å². The van der Waals surface area contributed by atoms with Crippen molar-refractivity contribution in [2.24, 2.45) is 0 Å². The van der Waals surface area contributed by atoms with Crippen LogP contribution in [0.15, 0.2) is 48.5 Å². The molecule has 0 radical (unpaired) electrons. The van der Waals surface area contributed by atoms with Gasteiger partial charge in [-0.05, 0) is 42.5 Å². The minimum Gasteiger partial charge on any atom is -0.457 e. The maximum absolute atomic E-state index is 12.7. The molecule has 23 heavy (non-hydrogen) atoms. The molecule has 2 aromatic carbocycles. The number of hydrogen-bond acceptors (Lipinski definition) is 3. The first-order valence-corrected chi connectivity index (χ1v) is 7.30. The van der Waals surface area contributed by atoms with Gasteiger partial charge in [0.1, 0.15) is 11.5 Å². The Labute approximate surface area is 132 Å². The number of nitrogens with zero attached hydrogens (tertiary/aromatic N) is 1. The quantitative estimate of drug-likeness (QED) is 0.839. The van der Waals surface area contributed by atoms with Gasteiger partial charge >= 0.3 is 6.18 Å². The van der Waals surface area contributed by atoms with E-state index in [1.54, 1.807) is 12.1 Å². The Morgan fingerprint density at radius 2 is 1.61 bits per heavy atom. The number of benzene rings is 2. The van der Waals surface area contributed by atoms with Crippen LogP contribution in [-0.4, -0.2) is 26.3 Å². The summed E-state index contributed by atoms with van der Waals surface area (Å²) in [5.74, 6) is 0.667. The van der Waals surface area contributed by atoms with Crippen molar-refractivity contribution in [3.63, 3.8) is 0 Å². The molecule has 122 valence electrons. The Morgan fingerprint density at radius 1 is 0.913 bits per heavy atom. The largest absolute Gasteiger partial charge is 0.457 e. The molecular weight excluding hydrogens is 307 g/mol. The Balaban J connectivity index is 1.71. The highest BCUT2D eigenvalue weighted by molar-refractivity contribution is 5.50. The van der Waals surface area contributed by atoms with Gasteiger partial charge in [0.05, 0.1) is 18.8 Å². The zero-order valence-electron chi connectivity index (χ0n) is 12.3. The highest BCUT2D eigenvalue weighted by atomic mass is 19.4. The lowest BCUT2D eigenvalue weighted by Gasteiger charge is -2.28.